The highest BCUT2D eigenvalue weighted by atomic mass is 28.4. The van der Waals surface area contributed by atoms with E-state index < -0.39 is 137 Å². The molecule has 34 heteroatoms. The Balaban J connectivity index is 1.21. The first-order valence-electron chi connectivity index (χ1n) is 36.0. The predicted octanol–water partition coefficient (Wildman–Crippen LogP) is 10.1. The van der Waals surface area contributed by atoms with Gasteiger partial charge in [0.25, 0.3) is 0 Å². The van der Waals surface area contributed by atoms with Crippen molar-refractivity contribution in [1.29, 1.82) is 0 Å². The molecule has 11 rings (SSSR count). The van der Waals surface area contributed by atoms with Crippen molar-refractivity contribution in [2.75, 3.05) is 76.4 Å². The molecule has 9 atom stereocenters. The lowest BCUT2D eigenvalue weighted by molar-refractivity contribution is -0.387. The number of aliphatic hydroxyl groups is 1. The maximum atomic E-state index is 16.6. The van der Waals surface area contributed by atoms with Crippen LogP contribution in [0.15, 0.2) is 115 Å². The number of hydrogen-bond acceptors (Lipinski definition) is 24. The summed E-state index contributed by atoms with van der Waals surface area (Å²) in [6.07, 6.45) is -4.85. The Morgan fingerprint density at radius 3 is 1.92 bits per heavy atom. The average molecular weight is 1600 g/mol. The van der Waals surface area contributed by atoms with Gasteiger partial charge in [-0.1, -0.05) is 51.1 Å². The monoisotopic (exact) mass is 1600 g/mol. The van der Waals surface area contributed by atoms with E-state index in [4.69, 9.17) is 61.3 Å². The average Bonchev–Trinajstić information content (AvgIpc) is 0.771. The van der Waals surface area contributed by atoms with E-state index in [2.05, 4.69) is 37.2 Å². The van der Waals surface area contributed by atoms with Crippen molar-refractivity contribution in [2.24, 2.45) is 0 Å². The molecule has 0 radical (unpaired) electrons. The molecule has 0 unspecified atom stereocenters. The number of hydrogen-bond donors (Lipinski definition) is 9. The zero-order valence-electron chi connectivity index (χ0n) is 65.7. The van der Waals surface area contributed by atoms with Crippen molar-refractivity contribution in [2.45, 2.75) is 127 Å². The quantitative estimate of drug-likeness (QED) is 0.0106. The van der Waals surface area contributed by atoms with Gasteiger partial charge in [-0.25, -0.2) is 4.79 Å². The molecule has 4 heterocycles. The molecular formula is C80H93FN8O24Si. The fourth-order valence-electron chi connectivity index (χ4n) is 12.8. The van der Waals surface area contributed by atoms with Gasteiger partial charge in [-0.3, -0.25) is 38.9 Å². The molecule has 4 aliphatic heterocycles. The number of fused-ring (bicyclic) bond motifs is 12. The summed E-state index contributed by atoms with van der Waals surface area (Å²) >= 11 is 0. The van der Waals surface area contributed by atoms with Crippen LogP contribution in [0.5, 0.6) is 63.2 Å². The van der Waals surface area contributed by atoms with Gasteiger partial charge in [0.2, 0.25) is 47.0 Å². The fourth-order valence-corrected chi connectivity index (χ4v) is 14.1. The number of nitro groups is 1. The molecule has 0 aromatic heterocycles. The lowest BCUT2D eigenvalue weighted by Gasteiger charge is -2.41. The van der Waals surface area contributed by atoms with Gasteiger partial charge < -0.3 is 109 Å². The number of aromatic hydroxyl groups is 1. The summed E-state index contributed by atoms with van der Waals surface area (Å²) in [7, 11) is 6.17. The Morgan fingerprint density at radius 2 is 1.27 bits per heavy atom. The van der Waals surface area contributed by atoms with E-state index in [0.29, 0.717) is 5.56 Å². The van der Waals surface area contributed by atoms with Crippen LogP contribution in [0.2, 0.25) is 18.1 Å². The Kier molecular flexibility index (Phi) is 26.3. The van der Waals surface area contributed by atoms with Crippen molar-refractivity contribution in [3.8, 4) is 74.4 Å². The van der Waals surface area contributed by atoms with Crippen molar-refractivity contribution < 1.29 is 114 Å². The van der Waals surface area contributed by atoms with E-state index in [9.17, 15) is 25.1 Å². The number of alkyl carbamates (subject to hydrolysis) is 1. The third-order valence-electron chi connectivity index (χ3n) is 19.7. The molecule has 12 bridgehead atoms. The number of nitrogens with zero attached hydrogens (tertiary/aromatic N) is 1. The number of amides is 7. The number of benzene rings is 7. The van der Waals surface area contributed by atoms with Gasteiger partial charge in [0.05, 0.1) is 73.4 Å². The van der Waals surface area contributed by atoms with E-state index in [1.165, 1.54) is 129 Å². The number of carbonyl (C=O) groups is 7. The number of nitro benzene ring substituents is 1. The number of nitrogens with one attached hydrogen (secondary N) is 7. The highest BCUT2D eigenvalue weighted by molar-refractivity contribution is 6.74. The standard InChI is InChI=1S/C80H93FN8O24Si/c1-40-57(105-12)33-46-34-58(40)111-59-32-43(21-26-56(59)104-11)64(88-78(98)112-79(2,3)4)73(93)87-68(70(113-114(15,16)80(5,6)7)44-19-24-51(81)53(30-44)89(99)100)77(97)85-66(46)75(95)84-65-45-31-54(90)71(107-14)61(35-45)110-47-22-17-41(18-23-47)69(91)67-76(96)82-52(38-109-39-108-28-27-101-8)49-36-48(102-9)37-60(106-13)62(49)50-29-42(20-25-55(50)103-10)63(72(92)86-67)83-74(65)94/h17-26,29-37,52,63-70,90-91H,27-28,38-39H2,1-16H3,(H,82,96)(H,83,94)(H,84,95)(H,85,97)(H,86,92)(H,87,93)(H,88,98)/t52-,63-,64-,65-,66+,67+,68+,69-,70-/m1/s1. The molecule has 0 saturated heterocycles. The molecule has 7 aromatic carbocycles. The first-order valence-corrected chi connectivity index (χ1v) is 38.9. The third-order valence-corrected chi connectivity index (χ3v) is 24.2. The summed E-state index contributed by atoms with van der Waals surface area (Å²) in [5.74, 6) is -9.11. The summed E-state index contributed by atoms with van der Waals surface area (Å²) in [5.41, 5.74) is -1.79. The maximum Gasteiger partial charge on any atom is 0.408 e. The SMILES string of the molecule is COCCOCOC[C@H]1NC(=O)[C@H]2NC(=O)[C@H](NC(=O)[C@H](NC(=O)[C@H]3NC(=O)[C@H]([C@H](O[Si](C)(C)C(C)(C)C)c4ccc(F)c([N+](=O)[O-])c4)NC(=O)[C@H](NC(=O)OC(C)(C)C)c4ccc(OC)c(c4)Oc4cc3cc(OC)c4C)c3cc(O)c(OC)c(c3)Oc3ccc(cc3)[C@H]2O)c2ccc(OC)c(c2)-c2c(OC)cc(OC)cc21. The van der Waals surface area contributed by atoms with Gasteiger partial charge in [-0.2, -0.15) is 4.39 Å². The number of methoxy groups -OCH3 is 7. The van der Waals surface area contributed by atoms with Crippen LogP contribution < -0.4 is 75.1 Å². The molecule has 608 valence electrons. The Labute approximate surface area is 657 Å². The maximum absolute atomic E-state index is 16.6. The number of ether oxygens (including phenoxy) is 12. The number of halogens is 1. The lowest BCUT2D eigenvalue weighted by atomic mass is 9.89. The zero-order chi connectivity index (χ0) is 83.0. The van der Waals surface area contributed by atoms with Gasteiger partial charge in [-0.05, 0) is 158 Å². The molecule has 7 amide bonds. The van der Waals surface area contributed by atoms with Gasteiger partial charge in [0, 0.05) is 35.9 Å². The first kappa shape index (κ1) is 84.6. The van der Waals surface area contributed by atoms with Crippen LogP contribution in [-0.4, -0.2) is 159 Å². The summed E-state index contributed by atoms with van der Waals surface area (Å²) in [6.45, 7) is 15.2. The molecule has 32 nitrogen and oxygen atoms in total. The molecular weight excluding hydrogens is 1500 g/mol. The predicted molar refractivity (Wildman–Crippen MR) is 411 cm³/mol. The molecule has 4 aliphatic rings. The van der Waals surface area contributed by atoms with Crippen LogP contribution in [0.4, 0.5) is 14.9 Å². The summed E-state index contributed by atoms with van der Waals surface area (Å²) in [5, 5.41) is 55.8. The van der Waals surface area contributed by atoms with Gasteiger partial charge in [-0.15, -0.1) is 0 Å². The van der Waals surface area contributed by atoms with Crippen molar-refractivity contribution >= 4 is 55.5 Å². The Hall–Kier alpha value is -11.8. The van der Waals surface area contributed by atoms with Crippen molar-refractivity contribution in [3.63, 3.8) is 0 Å². The molecule has 0 spiro atoms. The van der Waals surface area contributed by atoms with Crippen molar-refractivity contribution in [3.05, 3.63) is 176 Å². The minimum Gasteiger partial charge on any atom is -0.504 e. The van der Waals surface area contributed by atoms with Crippen LogP contribution in [0.3, 0.4) is 0 Å². The van der Waals surface area contributed by atoms with Crippen molar-refractivity contribution in [1.82, 2.24) is 37.2 Å². The van der Waals surface area contributed by atoms with Crippen LogP contribution in [0.25, 0.3) is 11.1 Å². The normalized spacial score (nSPS) is 19.4. The van der Waals surface area contributed by atoms with Gasteiger partial charge >= 0.3 is 11.8 Å². The molecule has 9 N–H and O–H groups in total. The fraction of sp³-hybridized carbons (Fsp3) is 0.388. The van der Waals surface area contributed by atoms with Crippen LogP contribution in [-0.2, 0) is 52.1 Å². The molecule has 0 fully saturated rings. The number of rotatable bonds is 21. The van der Waals surface area contributed by atoms with Crippen LogP contribution >= 0.6 is 0 Å². The van der Waals surface area contributed by atoms with Crippen LogP contribution in [0.1, 0.15) is 128 Å². The second-order valence-corrected chi connectivity index (χ2v) is 34.2. The highest BCUT2D eigenvalue weighted by Crippen LogP contribution is 2.49. The van der Waals surface area contributed by atoms with Crippen LogP contribution in [0, 0.1) is 22.9 Å². The van der Waals surface area contributed by atoms with E-state index in [-0.39, 0.29) is 134 Å². The van der Waals surface area contributed by atoms with E-state index in [0.717, 1.165) is 24.3 Å². The second-order valence-electron chi connectivity index (χ2n) is 29.4. The number of aliphatic hydroxyl groups excluding tert-OH is 1. The molecule has 0 aliphatic carbocycles. The minimum atomic E-state index is -3.37. The number of carbonyl (C=O) groups excluding carboxylic acids is 7. The number of phenolic OH excluding ortho intramolecular Hbond substituents is 1. The Morgan fingerprint density at radius 1 is 0.623 bits per heavy atom. The number of phenols is 1. The van der Waals surface area contributed by atoms with E-state index >= 15 is 33.2 Å². The lowest BCUT2D eigenvalue weighted by Crippen LogP contribution is -2.57. The highest BCUT2D eigenvalue weighted by Gasteiger charge is 2.47. The molecule has 7 aromatic rings. The van der Waals surface area contributed by atoms with E-state index in [1.807, 2.05) is 20.8 Å². The largest absolute Gasteiger partial charge is 0.504 e. The summed E-state index contributed by atoms with van der Waals surface area (Å²) in [4.78, 5) is 122. The topological polar surface area (TPSA) is 407 Å². The zero-order valence-corrected chi connectivity index (χ0v) is 66.7. The van der Waals surface area contributed by atoms with Gasteiger partial charge in [0.15, 0.2) is 31.3 Å². The molecule has 0 saturated carbocycles. The third kappa shape index (κ3) is 18.9. The summed E-state index contributed by atoms with van der Waals surface area (Å²) < 4.78 is 93.6. The smallest absolute Gasteiger partial charge is 0.408 e. The second kappa shape index (κ2) is 35.5. The molecule has 114 heavy (non-hydrogen) atoms. The summed E-state index contributed by atoms with van der Waals surface area (Å²) in [6, 6.07) is 11.8. The van der Waals surface area contributed by atoms with E-state index in [1.54, 1.807) is 52.9 Å². The minimum absolute atomic E-state index is 0.0122. The van der Waals surface area contributed by atoms with Gasteiger partial charge in [0.1, 0.15) is 95.4 Å². The first-order chi connectivity index (χ1) is 54.0. The Bertz CT molecular complexity index is 4800.